The van der Waals surface area contributed by atoms with Gasteiger partial charge in [-0.1, -0.05) is 18.2 Å². The minimum atomic E-state index is -0.606. The highest BCUT2D eigenvalue weighted by atomic mass is 19.1. The number of piperazine rings is 1. The summed E-state index contributed by atoms with van der Waals surface area (Å²) >= 11 is 0. The Bertz CT molecular complexity index is 785. The van der Waals surface area contributed by atoms with E-state index in [0.29, 0.717) is 6.54 Å². The highest BCUT2D eigenvalue weighted by Crippen LogP contribution is 2.18. The number of hydrogen-bond donors (Lipinski definition) is 2. The van der Waals surface area contributed by atoms with Crippen molar-refractivity contribution < 1.29 is 9.50 Å². The number of guanidine groups is 1. The molecule has 138 valence electrons. The van der Waals surface area contributed by atoms with Crippen molar-refractivity contribution >= 4 is 11.6 Å². The van der Waals surface area contributed by atoms with E-state index in [1.165, 1.54) is 23.4 Å². The van der Waals surface area contributed by atoms with Crippen LogP contribution in [0.4, 0.5) is 10.1 Å². The van der Waals surface area contributed by atoms with Crippen molar-refractivity contribution in [3.8, 4) is 5.75 Å². The zero-order valence-electron chi connectivity index (χ0n) is 15.2. The molecule has 1 heterocycles. The van der Waals surface area contributed by atoms with Crippen molar-refractivity contribution in [3.05, 3.63) is 59.4 Å². The molecule has 0 spiro atoms. The number of phenols is 1. The number of nitrogens with zero attached hydrogens (tertiary/aromatic N) is 3. The molecule has 0 bridgehead atoms. The highest BCUT2D eigenvalue weighted by Gasteiger charge is 2.19. The second-order valence-corrected chi connectivity index (χ2v) is 6.50. The van der Waals surface area contributed by atoms with E-state index in [9.17, 15) is 9.50 Å². The van der Waals surface area contributed by atoms with Crippen molar-refractivity contribution in [3.63, 3.8) is 0 Å². The summed E-state index contributed by atoms with van der Waals surface area (Å²) in [7, 11) is 1.76. The van der Waals surface area contributed by atoms with Crippen molar-refractivity contribution in [2.75, 3.05) is 38.1 Å². The van der Waals surface area contributed by atoms with Gasteiger partial charge in [-0.2, -0.15) is 0 Å². The predicted octanol–water partition coefficient (Wildman–Crippen LogP) is 2.74. The van der Waals surface area contributed by atoms with Crippen LogP contribution in [0.5, 0.6) is 5.75 Å². The molecular formula is C20H25FN4O. The summed E-state index contributed by atoms with van der Waals surface area (Å²) in [5.41, 5.74) is 3.29. The first-order valence-corrected chi connectivity index (χ1v) is 8.81. The van der Waals surface area contributed by atoms with Crippen LogP contribution in [0.1, 0.15) is 11.1 Å². The van der Waals surface area contributed by atoms with Crippen LogP contribution < -0.4 is 10.2 Å². The molecule has 3 rings (SSSR count). The van der Waals surface area contributed by atoms with Crippen LogP contribution in [-0.2, 0) is 6.54 Å². The van der Waals surface area contributed by atoms with Gasteiger partial charge in [0.05, 0.1) is 0 Å². The molecule has 1 aliphatic rings. The van der Waals surface area contributed by atoms with Gasteiger partial charge in [0.1, 0.15) is 0 Å². The quantitative estimate of drug-likeness (QED) is 0.656. The van der Waals surface area contributed by atoms with Crippen LogP contribution in [-0.4, -0.2) is 49.2 Å². The maximum absolute atomic E-state index is 13.4. The van der Waals surface area contributed by atoms with Crippen LogP contribution in [0.15, 0.2) is 47.5 Å². The molecule has 1 aliphatic heterocycles. The molecule has 0 amide bonds. The number of aromatic hydroxyl groups is 1. The average molecular weight is 356 g/mol. The van der Waals surface area contributed by atoms with Crippen LogP contribution in [0.25, 0.3) is 0 Å². The van der Waals surface area contributed by atoms with Gasteiger partial charge in [-0.15, -0.1) is 0 Å². The fourth-order valence-corrected chi connectivity index (χ4v) is 3.17. The summed E-state index contributed by atoms with van der Waals surface area (Å²) in [6, 6.07) is 13.0. The molecule has 5 nitrogen and oxygen atoms in total. The lowest BCUT2D eigenvalue weighted by Crippen LogP contribution is -2.52. The first-order chi connectivity index (χ1) is 12.6. The third-order valence-corrected chi connectivity index (χ3v) is 4.62. The van der Waals surface area contributed by atoms with Crippen LogP contribution >= 0.6 is 0 Å². The molecule has 2 aromatic carbocycles. The first-order valence-electron chi connectivity index (χ1n) is 8.81. The third kappa shape index (κ3) is 4.25. The van der Waals surface area contributed by atoms with Gasteiger partial charge in [0.15, 0.2) is 17.5 Å². The number of anilines is 1. The fraction of sp³-hybridized carbons (Fsp3) is 0.350. The number of halogens is 1. The Balaban J connectivity index is 1.56. The number of aryl methyl sites for hydroxylation is 1. The van der Waals surface area contributed by atoms with Gasteiger partial charge in [-0.3, -0.25) is 4.99 Å². The minimum Gasteiger partial charge on any atom is -0.505 e. The number of rotatable bonds is 3. The van der Waals surface area contributed by atoms with E-state index in [4.69, 9.17) is 0 Å². The van der Waals surface area contributed by atoms with E-state index in [2.05, 4.69) is 51.3 Å². The van der Waals surface area contributed by atoms with Gasteiger partial charge in [0.25, 0.3) is 0 Å². The summed E-state index contributed by atoms with van der Waals surface area (Å²) in [5.74, 6) is -0.126. The Labute approximate surface area is 153 Å². The number of nitrogens with one attached hydrogen (secondary N) is 1. The smallest absolute Gasteiger partial charge is 0.194 e. The monoisotopic (exact) mass is 356 g/mol. The standard InChI is InChI=1S/C20H25FN4O/c1-15-4-3-5-17(12-15)24-8-10-25(11-9-24)20(22-2)23-14-16-6-7-19(26)18(21)13-16/h3-7,12-13,26H,8-11,14H2,1-2H3,(H,22,23). The summed E-state index contributed by atoms with van der Waals surface area (Å²) in [4.78, 5) is 8.94. The molecule has 0 radical (unpaired) electrons. The highest BCUT2D eigenvalue weighted by molar-refractivity contribution is 5.80. The van der Waals surface area contributed by atoms with Crippen molar-refractivity contribution in [1.29, 1.82) is 0 Å². The molecule has 0 saturated carbocycles. The van der Waals surface area contributed by atoms with Crippen molar-refractivity contribution in [2.24, 2.45) is 4.99 Å². The van der Waals surface area contributed by atoms with E-state index >= 15 is 0 Å². The third-order valence-electron chi connectivity index (χ3n) is 4.62. The lowest BCUT2D eigenvalue weighted by atomic mass is 10.2. The molecule has 2 aromatic rings. The van der Waals surface area contributed by atoms with E-state index in [-0.39, 0.29) is 5.75 Å². The number of hydrogen-bond acceptors (Lipinski definition) is 3. The molecule has 0 aromatic heterocycles. The second kappa shape index (κ2) is 8.08. The topological polar surface area (TPSA) is 51.1 Å². The molecule has 1 fully saturated rings. The van der Waals surface area contributed by atoms with Gasteiger partial charge in [0, 0.05) is 45.5 Å². The van der Waals surface area contributed by atoms with Crippen LogP contribution in [0.3, 0.4) is 0 Å². The maximum atomic E-state index is 13.4. The van der Waals surface area contributed by atoms with E-state index in [0.717, 1.165) is 37.7 Å². The molecular weight excluding hydrogens is 331 g/mol. The van der Waals surface area contributed by atoms with Gasteiger partial charge in [-0.25, -0.2) is 4.39 Å². The number of benzene rings is 2. The molecule has 0 atom stereocenters. The Kier molecular flexibility index (Phi) is 5.61. The SMILES string of the molecule is CN=C(NCc1ccc(O)c(F)c1)N1CCN(c2cccc(C)c2)CC1. The van der Waals surface area contributed by atoms with E-state index in [1.54, 1.807) is 13.1 Å². The minimum absolute atomic E-state index is 0.328. The Morgan fingerprint density at radius 1 is 1.15 bits per heavy atom. The molecule has 1 saturated heterocycles. The summed E-state index contributed by atoms with van der Waals surface area (Å²) < 4.78 is 13.4. The van der Waals surface area contributed by atoms with Crippen molar-refractivity contribution in [2.45, 2.75) is 13.5 Å². The number of phenolic OH excluding ortho intramolecular Hbond substituents is 1. The second-order valence-electron chi connectivity index (χ2n) is 6.50. The fourth-order valence-electron chi connectivity index (χ4n) is 3.17. The Morgan fingerprint density at radius 3 is 2.58 bits per heavy atom. The number of aliphatic imine (C=N–C) groups is 1. The zero-order chi connectivity index (χ0) is 18.5. The summed E-state index contributed by atoms with van der Waals surface area (Å²) in [5, 5.41) is 12.5. The molecule has 0 aliphatic carbocycles. The van der Waals surface area contributed by atoms with Crippen LogP contribution in [0.2, 0.25) is 0 Å². The van der Waals surface area contributed by atoms with Crippen LogP contribution in [0, 0.1) is 12.7 Å². The van der Waals surface area contributed by atoms with E-state index in [1.807, 2.05) is 0 Å². The maximum Gasteiger partial charge on any atom is 0.194 e. The van der Waals surface area contributed by atoms with Gasteiger partial charge in [-0.05, 0) is 42.3 Å². The molecule has 6 heteroatoms. The first kappa shape index (κ1) is 18.0. The van der Waals surface area contributed by atoms with E-state index < -0.39 is 5.82 Å². The molecule has 26 heavy (non-hydrogen) atoms. The molecule has 2 N–H and O–H groups in total. The van der Waals surface area contributed by atoms with Gasteiger partial charge >= 0.3 is 0 Å². The molecule has 0 unspecified atom stereocenters. The summed E-state index contributed by atoms with van der Waals surface area (Å²) in [6.07, 6.45) is 0. The van der Waals surface area contributed by atoms with Crippen molar-refractivity contribution in [1.82, 2.24) is 10.2 Å². The zero-order valence-corrected chi connectivity index (χ0v) is 15.2. The summed E-state index contributed by atoms with van der Waals surface area (Å²) in [6.45, 7) is 6.17. The average Bonchev–Trinajstić information content (AvgIpc) is 2.65. The lowest BCUT2D eigenvalue weighted by Gasteiger charge is -2.37. The Morgan fingerprint density at radius 2 is 1.92 bits per heavy atom. The van der Waals surface area contributed by atoms with Gasteiger partial charge in [0.2, 0.25) is 0 Å². The normalized spacial score (nSPS) is 15.3. The predicted molar refractivity (Wildman–Crippen MR) is 103 cm³/mol. The Hall–Kier alpha value is -2.76. The van der Waals surface area contributed by atoms with Gasteiger partial charge < -0.3 is 20.2 Å². The largest absolute Gasteiger partial charge is 0.505 e. The lowest BCUT2D eigenvalue weighted by molar-refractivity contribution is 0.372.